The number of carbonyl (C=O) groups is 1. The van der Waals surface area contributed by atoms with Crippen molar-refractivity contribution < 1.29 is 9.53 Å². The standard InChI is InChI=1S/C13H15N3O2S/c1-8(14)13-16-11(7-19-13)12(17)15-9-4-3-5-10(6-9)18-2/h3-8H,14H2,1-2H3,(H,15,17). The molecule has 0 saturated carbocycles. The number of aromatic nitrogens is 1. The maximum atomic E-state index is 12.0. The van der Waals surface area contributed by atoms with Gasteiger partial charge in [0.15, 0.2) is 0 Å². The second-order valence-electron chi connectivity index (χ2n) is 4.05. The number of rotatable bonds is 4. The van der Waals surface area contributed by atoms with E-state index in [1.807, 2.05) is 19.1 Å². The molecule has 1 aromatic carbocycles. The first kappa shape index (κ1) is 13.5. The van der Waals surface area contributed by atoms with Crippen molar-refractivity contribution in [2.24, 2.45) is 5.73 Å². The zero-order chi connectivity index (χ0) is 13.8. The van der Waals surface area contributed by atoms with Crippen LogP contribution in [0.5, 0.6) is 5.75 Å². The Morgan fingerprint density at radius 1 is 1.53 bits per heavy atom. The van der Waals surface area contributed by atoms with Gasteiger partial charge >= 0.3 is 0 Å². The second-order valence-corrected chi connectivity index (χ2v) is 4.94. The van der Waals surface area contributed by atoms with Gasteiger partial charge in [0.25, 0.3) is 5.91 Å². The van der Waals surface area contributed by atoms with Crippen molar-refractivity contribution in [3.05, 3.63) is 40.3 Å². The fraction of sp³-hybridized carbons (Fsp3) is 0.231. The van der Waals surface area contributed by atoms with E-state index < -0.39 is 0 Å². The first-order valence-electron chi connectivity index (χ1n) is 5.76. The van der Waals surface area contributed by atoms with Crippen molar-refractivity contribution in [1.29, 1.82) is 0 Å². The molecule has 1 amide bonds. The van der Waals surface area contributed by atoms with Crippen LogP contribution in [0.1, 0.15) is 28.5 Å². The van der Waals surface area contributed by atoms with Gasteiger partial charge < -0.3 is 15.8 Å². The van der Waals surface area contributed by atoms with Crippen molar-refractivity contribution in [2.45, 2.75) is 13.0 Å². The van der Waals surface area contributed by atoms with E-state index in [1.54, 1.807) is 24.6 Å². The van der Waals surface area contributed by atoms with Gasteiger partial charge in [-0.1, -0.05) is 6.07 Å². The monoisotopic (exact) mass is 277 g/mol. The summed E-state index contributed by atoms with van der Waals surface area (Å²) in [5, 5.41) is 5.22. The quantitative estimate of drug-likeness (QED) is 0.899. The summed E-state index contributed by atoms with van der Waals surface area (Å²) in [6.07, 6.45) is 0. The average molecular weight is 277 g/mol. The van der Waals surface area contributed by atoms with Crippen LogP contribution in [0.15, 0.2) is 29.6 Å². The summed E-state index contributed by atoms with van der Waals surface area (Å²) in [4.78, 5) is 16.2. The normalized spacial score (nSPS) is 11.9. The predicted octanol–water partition coefficient (Wildman–Crippen LogP) is 2.42. The number of ether oxygens (including phenoxy) is 1. The van der Waals surface area contributed by atoms with Crippen LogP contribution in [0.2, 0.25) is 0 Å². The first-order valence-corrected chi connectivity index (χ1v) is 6.64. The Morgan fingerprint density at radius 2 is 2.32 bits per heavy atom. The predicted molar refractivity (Wildman–Crippen MR) is 75.7 cm³/mol. The second kappa shape index (κ2) is 5.81. The Kier molecular flexibility index (Phi) is 4.13. The van der Waals surface area contributed by atoms with E-state index in [0.29, 0.717) is 17.1 Å². The Hall–Kier alpha value is -1.92. The van der Waals surface area contributed by atoms with Crippen LogP contribution >= 0.6 is 11.3 Å². The molecule has 0 aliphatic heterocycles. The third-order valence-corrected chi connectivity index (χ3v) is 3.52. The molecule has 100 valence electrons. The zero-order valence-corrected chi connectivity index (χ0v) is 11.5. The molecular weight excluding hydrogens is 262 g/mol. The van der Waals surface area contributed by atoms with Crippen LogP contribution < -0.4 is 15.8 Å². The number of methoxy groups -OCH3 is 1. The molecule has 0 aliphatic carbocycles. The number of nitrogens with one attached hydrogen (secondary N) is 1. The van der Waals surface area contributed by atoms with E-state index in [0.717, 1.165) is 5.01 Å². The summed E-state index contributed by atoms with van der Waals surface area (Å²) in [5.74, 6) is 0.434. The molecular formula is C13H15N3O2S. The third-order valence-electron chi connectivity index (χ3n) is 2.47. The van der Waals surface area contributed by atoms with E-state index in [9.17, 15) is 4.79 Å². The SMILES string of the molecule is COc1cccc(NC(=O)c2csc(C(C)N)n2)c1. The lowest BCUT2D eigenvalue weighted by Gasteiger charge is -2.05. The molecule has 2 rings (SSSR count). The molecule has 5 nitrogen and oxygen atoms in total. The molecule has 0 spiro atoms. The van der Waals surface area contributed by atoms with Gasteiger partial charge in [-0.25, -0.2) is 4.98 Å². The zero-order valence-electron chi connectivity index (χ0n) is 10.7. The minimum Gasteiger partial charge on any atom is -0.497 e. The molecule has 1 heterocycles. The summed E-state index contributed by atoms with van der Waals surface area (Å²) in [6.45, 7) is 1.84. The van der Waals surface area contributed by atoms with Gasteiger partial charge in [-0.05, 0) is 19.1 Å². The maximum absolute atomic E-state index is 12.0. The fourth-order valence-electron chi connectivity index (χ4n) is 1.50. The lowest BCUT2D eigenvalue weighted by molar-refractivity contribution is 0.102. The van der Waals surface area contributed by atoms with Crippen molar-refractivity contribution in [2.75, 3.05) is 12.4 Å². The van der Waals surface area contributed by atoms with E-state index >= 15 is 0 Å². The van der Waals surface area contributed by atoms with E-state index in [4.69, 9.17) is 10.5 Å². The number of nitrogens with two attached hydrogens (primary N) is 1. The van der Waals surface area contributed by atoms with Gasteiger partial charge in [0.05, 0.1) is 13.2 Å². The van der Waals surface area contributed by atoms with Crippen LogP contribution in [0.3, 0.4) is 0 Å². The van der Waals surface area contributed by atoms with Crippen molar-refractivity contribution in [3.8, 4) is 5.75 Å². The van der Waals surface area contributed by atoms with Crippen LogP contribution in [-0.4, -0.2) is 18.0 Å². The molecule has 0 aliphatic rings. The highest BCUT2D eigenvalue weighted by Crippen LogP contribution is 2.19. The van der Waals surface area contributed by atoms with Crippen LogP contribution in [0, 0.1) is 0 Å². The smallest absolute Gasteiger partial charge is 0.275 e. The maximum Gasteiger partial charge on any atom is 0.275 e. The summed E-state index contributed by atoms with van der Waals surface area (Å²) < 4.78 is 5.10. The molecule has 6 heteroatoms. The topological polar surface area (TPSA) is 77.2 Å². The Balaban J connectivity index is 2.11. The highest BCUT2D eigenvalue weighted by molar-refractivity contribution is 7.09. The van der Waals surface area contributed by atoms with Crippen LogP contribution in [-0.2, 0) is 0 Å². The lowest BCUT2D eigenvalue weighted by Crippen LogP contribution is -2.13. The number of anilines is 1. The average Bonchev–Trinajstić information content (AvgIpc) is 2.89. The first-order chi connectivity index (χ1) is 9.10. The van der Waals surface area contributed by atoms with Crippen molar-refractivity contribution in [3.63, 3.8) is 0 Å². The van der Waals surface area contributed by atoms with Gasteiger partial charge in [0.2, 0.25) is 0 Å². The number of benzene rings is 1. The molecule has 2 aromatic rings. The van der Waals surface area contributed by atoms with E-state index in [1.165, 1.54) is 11.3 Å². The van der Waals surface area contributed by atoms with E-state index in [2.05, 4.69) is 10.3 Å². The Labute approximate surface area is 115 Å². The van der Waals surface area contributed by atoms with Gasteiger partial charge in [-0.15, -0.1) is 11.3 Å². The molecule has 0 saturated heterocycles. The highest BCUT2D eigenvalue weighted by Gasteiger charge is 2.13. The van der Waals surface area contributed by atoms with Gasteiger partial charge in [0, 0.05) is 17.1 Å². The number of hydrogen-bond donors (Lipinski definition) is 2. The van der Waals surface area contributed by atoms with Crippen molar-refractivity contribution in [1.82, 2.24) is 4.98 Å². The van der Waals surface area contributed by atoms with Crippen LogP contribution in [0.25, 0.3) is 0 Å². The fourth-order valence-corrected chi connectivity index (χ4v) is 2.25. The van der Waals surface area contributed by atoms with Crippen molar-refractivity contribution >= 4 is 22.9 Å². The molecule has 1 unspecified atom stereocenters. The number of carbonyl (C=O) groups excluding carboxylic acids is 1. The summed E-state index contributed by atoms with van der Waals surface area (Å²) in [5.41, 5.74) is 6.76. The number of amides is 1. The van der Waals surface area contributed by atoms with Crippen LogP contribution in [0.4, 0.5) is 5.69 Å². The van der Waals surface area contributed by atoms with Gasteiger partial charge in [0.1, 0.15) is 16.5 Å². The third kappa shape index (κ3) is 3.30. The summed E-state index contributed by atoms with van der Waals surface area (Å²) in [7, 11) is 1.58. The largest absolute Gasteiger partial charge is 0.497 e. The molecule has 1 aromatic heterocycles. The molecule has 3 N–H and O–H groups in total. The van der Waals surface area contributed by atoms with E-state index in [-0.39, 0.29) is 11.9 Å². The summed E-state index contributed by atoms with van der Waals surface area (Å²) >= 11 is 1.38. The molecule has 0 bridgehead atoms. The highest BCUT2D eigenvalue weighted by atomic mass is 32.1. The number of thiazole rings is 1. The molecule has 0 fully saturated rings. The molecule has 19 heavy (non-hydrogen) atoms. The van der Waals surface area contributed by atoms with Gasteiger partial charge in [-0.3, -0.25) is 4.79 Å². The number of hydrogen-bond acceptors (Lipinski definition) is 5. The number of nitrogens with zero attached hydrogens (tertiary/aromatic N) is 1. The molecule has 1 atom stereocenters. The minimum absolute atomic E-state index is 0.164. The van der Waals surface area contributed by atoms with Gasteiger partial charge in [-0.2, -0.15) is 0 Å². The summed E-state index contributed by atoms with van der Waals surface area (Å²) in [6, 6.07) is 6.99. The Bertz CT molecular complexity index is 581. The lowest BCUT2D eigenvalue weighted by atomic mass is 10.3. The minimum atomic E-state index is -0.253. The molecule has 0 radical (unpaired) electrons. The Morgan fingerprint density at radius 3 is 2.95 bits per heavy atom.